The Morgan fingerprint density at radius 2 is 2.10 bits per heavy atom. The molecule has 0 spiro atoms. The van der Waals surface area contributed by atoms with Gasteiger partial charge >= 0.3 is 6.02 Å². The Balaban J connectivity index is 1.61. The fourth-order valence-corrected chi connectivity index (χ4v) is 4.95. The van der Waals surface area contributed by atoms with Gasteiger partial charge in [-0.3, -0.25) is 10.2 Å². The number of ketones is 1. The molecule has 0 aromatic carbocycles. The Hall–Kier alpha value is -2.94. The number of fused-ring (bicyclic) bond motifs is 1. The van der Waals surface area contributed by atoms with Gasteiger partial charge in [-0.15, -0.1) is 16.4 Å². The predicted octanol–water partition coefficient (Wildman–Crippen LogP) is 3.27. The number of amidine groups is 1. The van der Waals surface area contributed by atoms with E-state index in [0.29, 0.717) is 36.2 Å². The first-order valence-electron chi connectivity index (χ1n) is 9.55. The van der Waals surface area contributed by atoms with Crippen LogP contribution in [0.2, 0.25) is 0 Å². The van der Waals surface area contributed by atoms with Crippen molar-refractivity contribution in [1.82, 2.24) is 20.2 Å². The van der Waals surface area contributed by atoms with Crippen LogP contribution in [0.15, 0.2) is 45.1 Å². The van der Waals surface area contributed by atoms with E-state index in [1.165, 1.54) is 0 Å². The summed E-state index contributed by atoms with van der Waals surface area (Å²) in [5.41, 5.74) is 5.68. The van der Waals surface area contributed by atoms with E-state index < -0.39 is 0 Å². The van der Waals surface area contributed by atoms with Gasteiger partial charge in [-0.1, -0.05) is 25.0 Å². The van der Waals surface area contributed by atoms with E-state index in [0.717, 1.165) is 16.3 Å². The highest BCUT2D eigenvalue weighted by molar-refractivity contribution is 7.10. The Labute approximate surface area is 172 Å². The zero-order valence-corrected chi connectivity index (χ0v) is 17.6. The van der Waals surface area contributed by atoms with Gasteiger partial charge in [0.15, 0.2) is 5.78 Å². The van der Waals surface area contributed by atoms with Crippen molar-refractivity contribution in [1.29, 1.82) is 0 Å². The maximum atomic E-state index is 13.2. The SMILES string of the molecule is Cc1cc(C)n(C2=NN=C3OC4=C(C(=O)CC(C)(C)C4)C(c4cccs4)N3N2)n1. The molecular formula is C20H22N6O2S. The highest BCUT2D eigenvalue weighted by Crippen LogP contribution is 2.46. The number of thiophene rings is 1. The Morgan fingerprint density at radius 3 is 2.79 bits per heavy atom. The molecule has 5 rings (SSSR count). The molecule has 2 aromatic rings. The molecule has 2 aromatic heterocycles. The fourth-order valence-electron chi connectivity index (χ4n) is 4.12. The van der Waals surface area contributed by atoms with Gasteiger partial charge in [0.05, 0.1) is 11.3 Å². The fraction of sp³-hybridized carbons (Fsp3) is 0.400. The number of carbonyl (C=O) groups is 1. The minimum atomic E-state index is -0.316. The van der Waals surface area contributed by atoms with Crippen LogP contribution < -0.4 is 5.43 Å². The maximum absolute atomic E-state index is 13.2. The van der Waals surface area contributed by atoms with Gasteiger partial charge in [0.2, 0.25) is 0 Å². The Kier molecular flexibility index (Phi) is 3.92. The molecule has 0 fully saturated rings. The lowest BCUT2D eigenvalue weighted by molar-refractivity contribution is -0.119. The lowest BCUT2D eigenvalue weighted by atomic mass is 9.74. The van der Waals surface area contributed by atoms with Crippen molar-refractivity contribution in [2.24, 2.45) is 15.6 Å². The minimum Gasteiger partial charge on any atom is -0.427 e. The number of nitrogens with zero attached hydrogens (tertiary/aromatic N) is 5. The molecule has 0 bridgehead atoms. The summed E-state index contributed by atoms with van der Waals surface area (Å²) in [7, 11) is 0. The molecule has 1 N–H and O–H groups in total. The average molecular weight is 411 g/mol. The van der Waals surface area contributed by atoms with E-state index in [1.807, 2.05) is 37.4 Å². The number of aryl methyl sites for hydroxylation is 2. The van der Waals surface area contributed by atoms with Gasteiger partial charge < -0.3 is 4.74 Å². The molecule has 0 saturated carbocycles. The number of allylic oxidation sites excluding steroid dienone is 1. The van der Waals surface area contributed by atoms with Crippen molar-refractivity contribution in [3.05, 3.63) is 51.2 Å². The Bertz CT molecular complexity index is 1090. The molecule has 3 aliphatic rings. The lowest BCUT2D eigenvalue weighted by Crippen LogP contribution is -2.56. The number of nitrogens with one attached hydrogen (secondary N) is 1. The third-order valence-corrected chi connectivity index (χ3v) is 6.23. The van der Waals surface area contributed by atoms with Crippen LogP contribution in [0.5, 0.6) is 0 Å². The Morgan fingerprint density at radius 1 is 1.28 bits per heavy atom. The first-order valence-corrected chi connectivity index (χ1v) is 10.4. The number of hydrazine groups is 1. The largest absolute Gasteiger partial charge is 0.427 e. The van der Waals surface area contributed by atoms with Crippen molar-refractivity contribution < 1.29 is 9.53 Å². The molecule has 29 heavy (non-hydrogen) atoms. The molecule has 2 aliphatic heterocycles. The van der Waals surface area contributed by atoms with Gasteiger partial charge in [0.25, 0.3) is 5.96 Å². The second-order valence-electron chi connectivity index (χ2n) is 8.42. The second kappa shape index (κ2) is 6.28. The summed E-state index contributed by atoms with van der Waals surface area (Å²) in [6.07, 6.45) is 1.19. The van der Waals surface area contributed by atoms with Crippen LogP contribution >= 0.6 is 11.3 Å². The molecule has 1 atom stereocenters. The molecule has 4 heterocycles. The highest BCUT2D eigenvalue weighted by Gasteiger charge is 2.46. The van der Waals surface area contributed by atoms with Gasteiger partial charge in [-0.2, -0.15) is 5.10 Å². The monoisotopic (exact) mass is 410 g/mol. The number of carbonyl (C=O) groups excluding carboxylic acids is 1. The summed E-state index contributed by atoms with van der Waals surface area (Å²) in [6.45, 7) is 8.06. The number of rotatable bonds is 1. The predicted molar refractivity (Wildman–Crippen MR) is 110 cm³/mol. The molecule has 1 unspecified atom stereocenters. The highest BCUT2D eigenvalue weighted by atomic mass is 32.1. The third kappa shape index (κ3) is 2.96. The summed E-state index contributed by atoms with van der Waals surface area (Å²) >= 11 is 1.61. The van der Waals surface area contributed by atoms with Gasteiger partial charge in [0.1, 0.15) is 11.8 Å². The normalized spacial score (nSPS) is 23.0. The zero-order chi connectivity index (χ0) is 20.3. The van der Waals surface area contributed by atoms with Crippen molar-refractivity contribution in [3.8, 4) is 0 Å². The first kappa shape index (κ1) is 18.1. The number of aromatic nitrogens is 2. The van der Waals surface area contributed by atoms with Crippen LogP contribution in [0.4, 0.5) is 0 Å². The van der Waals surface area contributed by atoms with Crippen LogP contribution in [0, 0.1) is 19.3 Å². The van der Waals surface area contributed by atoms with Gasteiger partial charge in [-0.05, 0) is 36.8 Å². The minimum absolute atomic E-state index is 0.116. The standard InChI is InChI=1S/C20H22N6O2S/c1-11-8-12(2)25(23-11)18-21-22-19-26(24-18)17(15-6-5-7-29-15)16-13(27)9-20(3,4)10-14(16)28-19/h5-8,17H,9-10H2,1-4H3,(H,21,24). The summed E-state index contributed by atoms with van der Waals surface area (Å²) in [6, 6.07) is 6.03. The quantitative estimate of drug-likeness (QED) is 0.780. The summed E-state index contributed by atoms with van der Waals surface area (Å²) in [5, 5.41) is 16.9. The van der Waals surface area contributed by atoms with E-state index in [2.05, 4.69) is 34.6 Å². The third-order valence-electron chi connectivity index (χ3n) is 5.30. The number of Topliss-reactive ketones (excluding diaryl/α,β-unsaturated/α-hetero) is 1. The zero-order valence-electron chi connectivity index (χ0n) is 16.8. The van der Waals surface area contributed by atoms with Gasteiger partial charge in [-0.25, -0.2) is 9.69 Å². The summed E-state index contributed by atoms with van der Waals surface area (Å²) in [5.74, 6) is 1.29. The average Bonchev–Trinajstić information content (AvgIpc) is 3.28. The van der Waals surface area contributed by atoms with E-state index in [9.17, 15) is 4.79 Å². The van der Waals surface area contributed by atoms with E-state index in [1.54, 1.807) is 21.0 Å². The number of hydrogen-bond acceptors (Lipinski definition) is 8. The van der Waals surface area contributed by atoms with Crippen LogP contribution in [-0.2, 0) is 9.53 Å². The molecule has 8 nitrogen and oxygen atoms in total. The summed E-state index contributed by atoms with van der Waals surface area (Å²) < 4.78 is 7.79. The maximum Gasteiger partial charge on any atom is 0.337 e. The molecule has 150 valence electrons. The molecule has 1 aliphatic carbocycles. The number of ether oxygens (including phenoxy) is 1. The topological polar surface area (TPSA) is 84.1 Å². The molecule has 9 heteroatoms. The van der Waals surface area contributed by atoms with Crippen LogP contribution in [0.3, 0.4) is 0 Å². The van der Waals surface area contributed by atoms with E-state index in [4.69, 9.17) is 4.74 Å². The van der Waals surface area contributed by atoms with E-state index >= 15 is 0 Å². The van der Waals surface area contributed by atoms with Crippen molar-refractivity contribution in [2.75, 3.05) is 0 Å². The van der Waals surface area contributed by atoms with E-state index in [-0.39, 0.29) is 17.2 Å². The van der Waals surface area contributed by atoms with Crippen LogP contribution in [-0.4, -0.2) is 32.6 Å². The molecule has 0 amide bonds. The second-order valence-corrected chi connectivity index (χ2v) is 9.40. The molecule has 0 radical (unpaired) electrons. The molecule has 0 saturated heterocycles. The first-order chi connectivity index (χ1) is 13.8. The van der Waals surface area contributed by atoms with Crippen molar-refractivity contribution in [2.45, 2.75) is 46.6 Å². The van der Waals surface area contributed by atoms with Crippen molar-refractivity contribution in [3.63, 3.8) is 0 Å². The van der Waals surface area contributed by atoms with Crippen LogP contribution in [0.25, 0.3) is 0 Å². The van der Waals surface area contributed by atoms with Crippen LogP contribution in [0.1, 0.15) is 49.0 Å². The summed E-state index contributed by atoms with van der Waals surface area (Å²) in [4.78, 5) is 14.2. The van der Waals surface area contributed by atoms with Crippen molar-refractivity contribution >= 4 is 29.1 Å². The smallest absolute Gasteiger partial charge is 0.337 e. The van der Waals surface area contributed by atoms with Gasteiger partial charge in [0, 0.05) is 23.4 Å². The number of hydrogen-bond donors (Lipinski definition) is 1. The lowest BCUT2D eigenvalue weighted by Gasteiger charge is -2.43. The molecular weight excluding hydrogens is 388 g/mol.